The number of imidazole rings is 1. The van der Waals surface area contributed by atoms with Gasteiger partial charge in [-0.2, -0.15) is 0 Å². The van der Waals surface area contributed by atoms with Gasteiger partial charge in [0.05, 0.1) is 12.9 Å². The fourth-order valence-electron chi connectivity index (χ4n) is 4.66. The van der Waals surface area contributed by atoms with E-state index >= 15 is 0 Å². The zero-order valence-corrected chi connectivity index (χ0v) is 20.9. The van der Waals surface area contributed by atoms with Crippen LogP contribution in [0, 0.1) is 0 Å². The molecule has 11 nitrogen and oxygen atoms in total. The van der Waals surface area contributed by atoms with Crippen molar-refractivity contribution in [2.24, 2.45) is 0 Å². The molecule has 3 aliphatic rings. The van der Waals surface area contributed by atoms with Crippen molar-refractivity contribution in [3.05, 3.63) is 12.7 Å². The molecule has 0 saturated carbocycles. The number of aromatic nitrogens is 4. The van der Waals surface area contributed by atoms with E-state index in [0.717, 1.165) is 19.3 Å². The molecule has 32 heavy (non-hydrogen) atoms. The number of nitrogens with zero attached hydrogens (tertiary/aromatic N) is 4. The molecule has 3 aliphatic heterocycles. The van der Waals surface area contributed by atoms with Gasteiger partial charge in [-0.1, -0.05) is 0 Å². The van der Waals surface area contributed by atoms with Crippen molar-refractivity contribution in [1.29, 1.82) is 0 Å². The van der Waals surface area contributed by atoms with E-state index < -0.39 is 29.5 Å². The van der Waals surface area contributed by atoms with E-state index in [1.807, 2.05) is 30.8 Å². The molecular weight excluding hydrogens is 450 g/mol. The molecule has 0 bridgehead atoms. The van der Waals surface area contributed by atoms with Crippen molar-refractivity contribution in [2.45, 2.75) is 76.3 Å². The van der Waals surface area contributed by atoms with E-state index in [2.05, 4.69) is 15.0 Å². The molecule has 5 heterocycles. The largest absolute Gasteiger partial charge is 0.415 e. The van der Waals surface area contributed by atoms with Gasteiger partial charge in [0.25, 0.3) is 0 Å². The fraction of sp³-hybridized carbons (Fsp3) is 0.737. The van der Waals surface area contributed by atoms with E-state index in [1.165, 1.54) is 6.33 Å². The molecule has 2 unspecified atom stereocenters. The highest BCUT2D eigenvalue weighted by Crippen LogP contribution is 2.40. The Balaban J connectivity index is 1.51. The van der Waals surface area contributed by atoms with Gasteiger partial charge in [-0.3, -0.25) is 4.57 Å². The van der Waals surface area contributed by atoms with E-state index in [-0.39, 0.29) is 18.5 Å². The highest BCUT2D eigenvalue weighted by molar-refractivity contribution is 6.78. The molecule has 0 aromatic carbocycles. The Kier molecular flexibility index (Phi) is 5.86. The van der Waals surface area contributed by atoms with Gasteiger partial charge in [-0.25, -0.2) is 15.0 Å². The van der Waals surface area contributed by atoms with Crippen LogP contribution < -0.4 is 5.73 Å². The zero-order chi connectivity index (χ0) is 22.5. The standard InChI is InChI=1S/C19H31N5O6Si2/c1-31(2)26-9-12-15(29-32(3,4)30-31)16(28-13-7-5-6-8-25-13)19(27-12)24-11-23-14-17(20)21-10-22-18(14)24/h10-13,15-16,19H,5-9H2,1-4H3,(H2,20,21,22)/t12-,13?,15-,16?,19-/m1/s1. The van der Waals surface area contributed by atoms with Crippen LogP contribution in [0.2, 0.25) is 26.2 Å². The number of hydrogen-bond donors (Lipinski definition) is 1. The van der Waals surface area contributed by atoms with Crippen LogP contribution in [0.3, 0.4) is 0 Å². The van der Waals surface area contributed by atoms with E-state index in [0.29, 0.717) is 30.2 Å². The minimum Gasteiger partial charge on any atom is -0.415 e. The van der Waals surface area contributed by atoms with Gasteiger partial charge in [0.1, 0.15) is 30.2 Å². The van der Waals surface area contributed by atoms with Gasteiger partial charge >= 0.3 is 17.1 Å². The lowest BCUT2D eigenvalue weighted by atomic mass is 10.1. The second-order valence-corrected chi connectivity index (χ2v) is 16.3. The van der Waals surface area contributed by atoms with Gasteiger partial charge in [-0.05, 0) is 45.5 Å². The van der Waals surface area contributed by atoms with Crippen LogP contribution in [0.1, 0.15) is 25.5 Å². The lowest BCUT2D eigenvalue weighted by Gasteiger charge is -2.40. The van der Waals surface area contributed by atoms with Crippen LogP contribution in [0.15, 0.2) is 12.7 Å². The SMILES string of the molecule is C[Si]1(C)OC[C@H]2O[C@@H](n3cnc4c(N)ncnc43)C(OC3CCCCO3)[C@@H]2O[Si](C)(C)O1. The van der Waals surface area contributed by atoms with Crippen LogP contribution in [0.25, 0.3) is 11.2 Å². The maximum Gasteiger partial charge on any atom is 0.323 e. The molecule has 13 heteroatoms. The van der Waals surface area contributed by atoms with Crippen LogP contribution >= 0.6 is 0 Å². The van der Waals surface area contributed by atoms with Crippen molar-refractivity contribution in [3.63, 3.8) is 0 Å². The Labute approximate surface area is 189 Å². The number of ether oxygens (including phenoxy) is 3. The summed E-state index contributed by atoms with van der Waals surface area (Å²) in [6.07, 6.45) is 3.99. The molecule has 5 atom stereocenters. The summed E-state index contributed by atoms with van der Waals surface area (Å²) in [5, 5.41) is 0. The first-order valence-electron chi connectivity index (χ1n) is 11.1. The number of nitrogen functional groups attached to an aromatic ring is 1. The fourth-order valence-corrected chi connectivity index (χ4v) is 11.3. The molecule has 0 spiro atoms. The first kappa shape index (κ1) is 22.3. The van der Waals surface area contributed by atoms with Gasteiger partial charge < -0.3 is 32.9 Å². The molecule has 2 aromatic heterocycles. The molecule has 0 aliphatic carbocycles. The smallest absolute Gasteiger partial charge is 0.323 e. The Morgan fingerprint density at radius 3 is 2.75 bits per heavy atom. The van der Waals surface area contributed by atoms with Crippen molar-refractivity contribution < 1.29 is 27.2 Å². The summed E-state index contributed by atoms with van der Waals surface area (Å²) < 4.78 is 40.0. The average Bonchev–Trinajstić information content (AvgIpc) is 3.28. The molecule has 5 rings (SSSR count). The molecule has 0 radical (unpaired) electrons. The van der Waals surface area contributed by atoms with Crippen LogP contribution in [0.4, 0.5) is 5.82 Å². The quantitative estimate of drug-likeness (QED) is 0.651. The molecule has 0 amide bonds. The maximum atomic E-state index is 6.63. The van der Waals surface area contributed by atoms with Crippen molar-refractivity contribution in [1.82, 2.24) is 19.5 Å². The second kappa shape index (κ2) is 8.40. The predicted octanol–water partition coefficient (Wildman–Crippen LogP) is 2.05. The van der Waals surface area contributed by atoms with E-state index in [4.69, 9.17) is 32.9 Å². The summed E-state index contributed by atoms with van der Waals surface area (Å²) in [7, 11) is -4.85. The Hall–Kier alpha value is -1.46. The normalized spacial score (nSPS) is 34.7. The van der Waals surface area contributed by atoms with Crippen molar-refractivity contribution in [2.75, 3.05) is 18.9 Å². The molecule has 176 valence electrons. The monoisotopic (exact) mass is 481 g/mol. The first-order chi connectivity index (χ1) is 15.2. The van der Waals surface area contributed by atoms with Gasteiger partial charge in [0.15, 0.2) is 24.0 Å². The Morgan fingerprint density at radius 2 is 1.97 bits per heavy atom. The van der Waals surface area contributed by atoms with E-state index in [1.54, 1.807) is 6.33 Å². The minimum absolute atomic E-state index is 0.320. The Bertz CT molecular complexity index is 969. The van der Waals surface area contributed by atoms with Crippen LogP contribution in [-0.4, -0.2) is 74.5 Å². The van der Waals surface area contributed by atoms with Crippen LogP contribution in [-0.2, 0) is 27.2 Å². The molecule has 2 N–H and O–H groups in total. The summed E-state index contributed by atoms with van der Waals surface area (Å²) in [6.45, 7) is 9.18. The lowest BCUT2D eigenvalue weighted by molar-refractivity contribution is -0.214. The van der Waals surface area contributed by atoms with Gasteiger partial charge in [-0.15, -0.1) is 0 Å². The number of hydrogen-bond acceptors (Lipinski definition) is 10. The van der Waals surface area contributed by atoms with Crippen molar-refractivity contribution >= 4 is 34.1 Å². The average molecular weight is 482 g/mol. The third kappa shape index (κ3) is 4.35. The third-order valence-corrected chi connectivity index (χ3v) is 11.5. The van der Waals surface area contributed by atoms with Gasteiger partial charge in [0.2, 0.25) is 0 Å². The number of fused-ring (bicyclic) bond motifs is 2. The summed E-state index contributed by atoms with van der Waals surface area (Å²) in [6, 6.07) is 0. The summed E-state index contributed by atoms with van der Waals surface area (Å²) in [4.78, 5) is 12.8. The lowest BCUT2D eigenvalue weighted by Crippen LogP contribution is -2.57. The molecular formula is C19H31N5O6Si2. The number of rotatable bonds is 3. The first-order valence-corrected chi connectivity index (χ1v) is 16.7. The highest BCUT2D eigenvalue weighted by atomic mass is 28.5. The molecule has 3 saturated heterocycles. The molecule has 2 aromatic rings. The van der Waals surface area contributed by atoms with E-state index in [9.17, 15) is 0 Å². The highest BCUT2D eigenvalue weighted by Gasteiger charge is 2.54. The number of anilines is 1. The number of nitrogens with two attached hydrogens (primary N) is 1. The summed E-state index contributed by atoms with van der Waals surface area (Å²) >= 11 is 0. The van der Waals surface area contributed by atoms with Gasteiger partial charge in [0, 0.05) is 6.61 Å². The molecule has 3 fully saturated rings. The summed E-state index contributed by atoms with van der Waals surface area (Å²) in [5.74, 6) is 0.320. The topological polar surface area (TPSA) is 125 Å². The third-order valence-electron chi connectivity index (χ3n) is 5.90. The van der Waals surface area contributed by atoms with Crippen molar-refractivity contribution in [3.8, 4) is 0 Å². The Morgan fingerprint density at radius 1 is 1.12 bits per heavy atom. The predicted molar refractivity (Wildman–Crippen MR) is 119 cm³/mol. The second-order valence-electron chi connectivity index (χ2n) is 9.34. The zero-order valence-electron chi connectivity index (χ0n) is 18.9. The maximum absolute atomic E-state index is 6.63. The summed E-state index contributed by atoms with van der Waals surface area (Å²) in [5.41, 5.74) is 7.11. The minimum atomic E-state index is -2.51. The van der Waals surface area contributed by atoms with Crippen LogP contribution in [0.5, 0.6) is 0 Å².